The summed E-state index contributed by atoms with van der Waals surface area (Å²) >= 11 is 0. The fraction of sp³-hybridized carbons (Fsp3) is 0.600. The average molecular weight is 251 g/mol. The van der Waals surface area contributed by atoms with Crippen LogP contribution in [-0.2, 0) is 11.2 Å². The number of benzene rings is 1. The summed E-state index contributed by atoms with van der Waals surface area (Å²) in [4.78, 5) is 0. The lowest BCUT2D eigenvalue weighted by molar-refractivity contribution is 0.0807. The van der Waals surface area contributed by atoms with Crippen molar-refractivity contribution in [1.82, 2.24) is 5.32 Å². The predicted octanol–water partition coefficient (Wildman–Crippen LogP) is 2.64. The first-order chi connectivity index (χ1) is 8.71. The van der Waals surface area contributed by atoms with E-state index in [4.69, 9.17) is 9.47 Å². The first-order valence-corrected chi connectivity index (χ1v) is 6.60. The molecule has 0 aliphatic rings. The van der Waals surface area contributed by atoms with Crippen LogP contribution in [0.25, 0.3) is 0 Å². The molecule has 1 N–H and O–H groups in total. The molecular weight excluding hydrogens is 226 g/mol. The minimum absolute atomic E-state index is 0.239. The van der Waals surface area contributed by atoms with Crippen molar-refractivity contribution in [2.75, 3.05) is 20.8 Å². The van der Waals surface area contributed by atoms with Crippen LogP contribution < -0.4 is 10.1 Å². The number of nitrogens with one attached hydrogen (secondary N) is 1. The van der Waals surface area contributed by atoms with Gasteiger partial charge in [-0.15, -0.1) is 0 Å². The van der Waals surface area contributed by atoms with Gasteiger partial charge in [-0.2, -0.15) is 0 Å². The highest BCUT2D eigenvalue weighted by Crippen LogP contribution is 2.14. The second-order valence-electron chi connectivity index (χ2n) is 4.49. The molecule has 1 aromatic rings. The standard InChI is InChI=1S/C15H25NO2/c1-5-16-15(12(2)17-3)11-8-13-6-9-14(18-4)10-7-13/h6-7,9-10,12,15-16H,5,8,11H2,1-4H3. The van der Waals surface area contributed by atoms with Gasteiger partial charge in [-0.1, -0.05) is 19.1 Å². The quantitative estimate of drug-likeness (QED) is 0.770. The maximum atomic E-state index is 5.41. The summed E-state index contributed by atoms with van der Waals surface area (Å²) < 4.78 is 10.6. The van der Waals surface area contributed by atoms with E-state index in [1.165, 1.54) is 5.56 Å². The van der Waals surface area contributed by atoms with E-state index in [9.17, 15) is 0 Å². The fourth-order valence-corrected chi connectivity index (χ4v) is 2.04. The van der Waals surface area contributed by atoms with Crippen LogP contribution in [0.15, 0.2) is 24.3 Å². The molecule has 2 unspecified atom stereocenters. The molecule has 102 valence electrons. The van der Waals surface area contributed by atoms with Crippen molar-refractivity contribution in [3.05, 3.63) is 29.8 Å². The number of hydrogen-bond donors (Lipinski definition) is 1. The molecule has 1 rings (SSSR count). The minimum Gasteiger partial charge on any atom is -0.497 e. The molecular formula is C15H25NO2. The molecule has 0 heterocycles. The Morgan fingerprint density at radius 3 is 2.33 bits per heavy atom. The van der Waals surface area contributed by atoms with Crippen LogP contribution in [0.3, 0.4) is 0 Å². The molecule has 0 aromatic heterocycles. The van der Waals surface area contributed by atoms with Crippen molar-refractivity contribution >= 4 is 0 Å². The summed E-state index contributed by atoms with van der Waals surface area (Å²) in [5.74, 6) is 0.909. The highest BCUT2D eigenvalue weighted by Gasteiger charge is 2.15. The second kappa shape index (κ2) is 8.11. The van der Waals surface area contributed by atoms with Gasteiger partial charge in [0, 0.05) is 13.2 Å². The van der Waals surface area contributed by atoms with Crippen LogP contribution in [0.2, 0.25) is 0 Å². The lowest BCUT2D eigenvalue weighted by atomic mass is 10.0. The van der Waals surface area contributed by atoms with E-state index in [1.54, 1.807) is 14.2 Å². The number of likely N-dealkylation sites (N-methyl/N-ethyl adjacent to an activating group) is 1. The second-order valence-corrected chi connectivity index (χ2v) is 4.49. The van der Waals surface area contributed by atoms with E-state index in [0.717, 1.165) is 25.1 Å². The lowest BCUT2D eigenvalue weighted by Crippen LogP contribution is -2.39. The number of aryl methyl sites for hydroxylation is 1. The Bertz CT molecular complexity index is 324. The number of rotatable bonds is 8. The van der Waals surface area contributed by atoms with Crippen LogP contribution >= 0.6 is 0 Å². The predicted molar refractivity (Wildman–Crippen MR) is 75.3 cm³/mol. The SMILES string of the molecule is CCNC(CCc1ccc(OC)cc1)C(C)OC. The zero-order valence-electron chi connectivity index (χ0n) is 11.9. The third-order valence-corrected chi connectivity index (χ3v) is 3.31. The van der Waals surface area contributed by atoms with E-state index >= 15 is 0 Å². The van der Waals surface area contributed by atoms with Gasteiger partial charge in [0.15, 0.2) is 0 Å². The number of ether oxygens (including phenoxy) is 2. The highest BCUT2D eigenvalue weighted by atomic mass is 16.5. The molecule has 3 heteroatoms. The van der Waals surface area contributed by atoms with Gasteiger partial charge in [0.1, 0.15) is 5.75 Å². The summed E-state index contributed by atoms with van der Waals surface area (Å²) in [6.45, 7) is 5.21. The van der Waals surface area contributed by atoms with E-state index in [1.807, 2.05) is 12.1 Å². The Morgan fingerprint density at radius 2 is 1.83 bits per heavy atom. The molecule has 0 aliphatic carbocycles. The fourth-order valence-electron chi connectivity index (χ4n) is 2.04. The Kier molecular flexibility index (Phi) is 6.76. The topological polar surface area (TPSA) is 30.5 Å². The maximum absolute atomic E-state index is 5.41. The first-order valence-electron chi connectivity index (χ1n) is 6.60. The molecule has 0 fully saturated rings. The van der Waals surface area contributed by atoms with Gasteiger partial charge in [0.25, 0.3) is 0 Å². The third kappa shape index (κ3) is 4.67. The van der Waals surface area contributed by atoms with Gasteiger partial charge in [-0.3, -0.25) is 0 Å². The summed E-state index contributed by atoms with van der Waals surface area (Å²) in [7, 11) is 3.46. The van der Waals surface area contributed by atoms with Crippen LogP contribution in [0.1, 0.15) is 25.8 Å². The Morgan fingerprint density at radius 1 is 1.17 bits per heavy atom. The van der Waals surface area contributed by atoms with Crippen molar-refractivity contribution in [2.24, 2.45) is 0 Å². The molecule has 2 atom stereocenters. The van der Waals surface area contributed by atoms with Crippen LogP contribution in [-0.4, -0.2) is 32.9 Å². The summed E-state index contributed by atoms with van der Waals surface area (Å²) in [6.07, 6.45) is 2.37. The molecule has 3 nitrogen and oxygen atoms in total. The van der Waals surface area contributed by atoms with Gasteiger partial charge < -0.3 is 14.8 Å². The van der Waals surface area contributed by atoms with Gasteiger partial charge in [0.05, 0.1) is 13.2 Å². The molecule has 0 saturated heterocycles. The Balaban J connectivity index is 2.49. The van der Waals surface area contributed by atoms with Gasteiger partial charge in [-0.25, -0.2) is 0 Å². The molecule has 0 radical (unpaired) electrons. The van der Waals surface area contributed by atoms with Crippen LogP contribution in [0, 0.1) is 0 Å². The van der Waals surface area contributed by atoms with Crippen LogP contribution in [0.5, 0.6) is 5.75 Å². The summed E-state index contributed by atoms with van der Waals surface area (Å²) in [6, 6.07) is 8.68. The smallest absolute Gasteiger partial charge is 0.118 e. The Hall–Kier alpha value is -1.06. The van der Waals surface area contributed by atoms with Gasteiger partial charge in [0.2, 0.25) is 0 Å². The average Bonchev–Trinajstić information content (AvgIpc) is 2.43. The van der Waals surface area contributed by atoms with E-state index in [2.05, 4.69) is 31.3 Å². The van der Waals surface area contributed by atoms with Crippen molar-refractivity contribution in [3.63, 3.8) is 0 Å². The third-order valence-electron chi connectivity index (χ3n) is 3.31. The van der Waals surface area contributed by atoms with E-state index < -0.39 is 0 Å². The summed E-state index contributed by atoms with van der Waals surface area (Å²) in [5.41, 5.74) is 1.34. The molecule has 1 aromatic carbocycles. The Labute approximate surface area is 110 Å². The highest BCUT2D eigenvalue weighted by molar-refractivity contribution is 5.27. The summed E-state index contributed by atoms with van der Waals surface area (Å²) in [5, 5.41) is 3.48. The monoisotopic (exact) mass is 251 g/mol. The zero-order valence-corrected chi connectivity index (χ0v) is 11.9. The van der Waals surface area contributed by atoms with Crippen LogP contribution in [0.4, 0.5) is 0 Å². The van der Waals surface area contributed by atoms with E-state index in [-0.39, 0.29) is 6.10 Å². The normalized spacial score (nSPS) is 14.2. The molecule has 18 heavy (non-hydrogen) atoms. The van der Waals surface area contributed by atoms with Gasteiger partial charge >= 0.3 is 0 Å². The lowest BCUT2D eigenvalue weighted by Gasteiger charge is -2.23. The first kappa shape index (κ1) is 15.0. The van der Waals surface area contributed by atoms with Crippen molar-refractivity contribution < 1.29 is 9.47 Å². The maximum Gasteiger partial charge on any atom is 0.118 e. The van der Waals surface area contributed by atoms with E-state index in [0.29, 0.717) is 6.04 Å². The zero-order chi connectivity index (χ0) is 13.4. The molecule has 0 aliphatic heterocycles. The van der Waals surface area contributed by atoms with Crippen molar-refractivity contribution in [2.45, 2.75) is 38.8 Å². The molecule has 0 amide bonds. The molecule has 0 bridgehead atoms. The minimum atomic E-state index is 0.239. The van der Waals surface area contributed by atoms with Gasteiger partial charge in [-0.05, 0) is 44.0 Å². The van der Waals surface area contributed by atoms with Crippen molar-refractivity contribution in [3.8, 4) is 5.75 Å². The molecule has 0 saturated carbocycles. The largest absolute Gasteiger partial charge is 0.497 e. The van der Waals surface area contributed by atoms with Crippen molar-refractivity contribution in [1.29, 1.82) is 0 Å². The number of methoxy groups -OCH3 is 2. The number of hydrogen-bond acceptors (Lipinski definition) is 3. The molecule has 0 spiro atoms.